The zero-order valence-corrected chi connectivity index (χ0v) is 8.69. The van der Waals surface area contributed by atoms with E-state index in [0.29, 0.717) is 5.92 Å². The monoisotopic (exact) mass is 181 g/mol. The van der Waals surface area contributed by atoms with Crippen molar-refractivity contribution in [1.29, 1.82) is 0 Å². The smallest absolute Gasteiger partial charge is 0.0959 e. The van der Waals surface area contributed by atoms with Crippen molar-refractivity contribution in [2.45, 2.75) is 31.7 Å². The number of hydrogen-bond acceptors (Lipinski definition) is 2. The highest BCUT2D eigenvalue weighted by molar-refractivity contribution is 7.99. The van der Waals surface area contributed by atoms with E-state index < -0.39 is 0 Å². The molecule has 0 N–H and O–H groups in total. The molecule has 0 unspecified atom stereocenters. The lowest BCUT2D eigenvalue weighted by atomic mass is 10.1. The second-order valence-corrected chi connectivity index (χ2v) is 4.30. The Morgan fingerprint density at radius 3 is 2.58 bits per heavy atom. The van der Waals surface area contributed by atoms with Crippen LogP contribution in [-0.2, 0) is 0 Å². The molecule has 0 fully saturated rings. The molecule has 0 radical (unpaired) electrons. The molecule has 0 aliphatic rings. The molecule has 0 amide bonds. The first kappa shape index (κ1) is 9.59. The number of nitrogens with zero attached hydrogens (tertiary/aromatic N) is 1. The Morgan fingerprint density at radius 1 is 1.42 bits per heavy atom. The third-order valence-corrected chi connectivity index (χ3v) is 2.54. The van der Waals surface area contributed by atoms with Gasteiger partial charge in [-0.05, 0) is 23.3 Å². The van der Waals surface area contributed by atoms with Gasteiger partial charge in [0, 0.05) is 6.20 Å². The van der Waals surface area contributed by atoms with Crippen LogP contribution in [0.5, 0.6) is 0 Å². The fraction of sp³-hybridized carbons (Fsp3) is 0.500. The average Bonchev–Trinajstić information content (AvgIpc) is 2.06. The van der Waals surface area contributed by atoms with Crippen LogP contribution >= 0.6 is 11.8 Å². The molecule has 0 aliphatic carbocycles. The van der Waals surface area contributed by atoms with Crippen LogP contribution in [0.2, 0.25) is 0 Å². The maximum Gasteiger partial charge on any atom is 0.0959 e. The van der Waals surface area contributed by atoms with Crippen LogP contribution < -0.4 is 0 Å². The summed E-state index contributed by atoms with van der Waals surface area (Å²) in [6.45, 7) is 6.51. The van der Waals surface area contributed by atoms with Crippen molar-refractivity contribution in [2.24, 2.45) is 0 Å². The second kappa shape index (κ2) is 4.51. The van der Waals surface area contributed by atoms with Crippen LogP contribution in [0.15, 0.2) is 23.4 Å². The summed E-state index contributed by atoms with van der Waals surface area (Å²) in [4.78, 5) is 4.35. The summed E-state index contributed by atoms with van der Waals surface area (Å²) in [5, 5.41) is 1.13. The zero-order valence-electron chi connectivity index (χ0n) is 7.87. The predicted octanol–water partition coefficient (Wildman–Crippen LogP) is 3.32. The van der Waals surface area contributed by atoms with Crippen molar-refractivity contribution in [3.8, 4) is 0 Å². The van der Waals surface area contributed by atoms with Crippen LogP contribution in [0.1, 0.15) is 32.3 Å². The van der Waals surface area contributed by atoms with Crippen molar-refractivity contribution < 1.29 is 0 Å². The van der Waals surface area contributed by atoms with Crippen LogP contribution in [0.4, 0.5) is 0 Å². The van der Waals surface area contributed by atoms with Gasteiger partial charge in [0.05, 0.1) is 5.03 Å². The van der Waals surface area contributed by atoms with E-state index in [4.69, 9.17) is 0 Å². The Labute approximate surface area is 78.6 Å². The molecule has 0 aliphatic heterocycles. The second-order valence-electron chi connectivity index (χ2n) is 3.02. The maximum absolute atomic E-state index is 4.35. The van der Waals surface area contributed by atoms with E-state index in [1.54, 1.807) is 11.8 Å². The predicted molar refractivity (Wildman–Crippen MR) is 54.7 cm³/mol. The minimum absolute atomic E-state index is 0.582. The summed E-state index contributed by atoms with van der Waals surface area (Å²) in [7, 11) is 0. The first-order valence-electron chi connectivity index (χ1n) is 4.32. The van der Waals surface area contributed by atoms with Crippen LogP contribution in [0.25, 0.3) is 0 Å². The molecule has 0 aromatic carbocycles. The number of thioether (sulfide) groups is 1. The average molecular weight is 181 g/mol. The van der Waals surface area contributed by atoms with E-state index in [1.807, 2.05) is 6.20 Å². The van der Waals surface area contributed by atoms with Gasteiger partial charge in [-0.1, -0.05) is 26.8 Å². The quantitative estimate of drug-likeness (QED) is 0.663. The van der Waals surface area contributed by atoms with Crippen LogP contribution in [-0.4, -0.2) is 10.7 Å². The van der Waals surface area contributed by atoms with Gasteiger partial charge in [0.2, 0.25) is 0 Å². The topological polar surface area (TPSA) is 12.9 Å². The Balaban J connectivity index is 2.71. The lowest BCUT2D eigenvalue weighted by Gasteiger charge is -2.04. The number of hydrogen-bond donors (Lipinski definition) is 0. The molecule has 0 atom stereocenters. The minimum Gasteiger partial charge on any atom is -0.250 e. The van der Waals surface area contributed by atoms with E-state index in [-0.39, 0.29) is 0 Å². The van der Waals surface area contributed by atoms with Gasteiger partial charge in [0.25, 0.3) is 0 Å². The van der Waals surface area contributed by atoms with Gasteiger partial charge in [-0.3, -0.25) is 0 Å². The van der Waals surface area contributed by atoms with E-state index in [2.05, 4.69) is 37.9 Å². The van der Waals surface area contributed by atoms with Crippen molar-refractivity contribution in [1.82, 2.24) is 4.98 Å². The fourth-order valence-electron chi connectivity index (χ4n) is 0.967. The Kier molecular flexibility index (Phi) is 3.60. The van der Waals surface area contributed by atoms with Gasteiger partial charge in [-0.25, -0.2) is 4.98 Å². The number of pyridine rings is 1. The molecule has 12 heavy (non-hydrogen) atoms. The molecular formula is C10H15NS. The van der Waals surface area contributed by atoms with Gasteiger partial charge in [-0.15, -0.1) is 11.8 Å². The van der Waals surface area contributed by atoms with Gasteiger partial charge < -0.3 is 0 Å². The number of rotatable bonds is 3. The van der Waals surface area contributed by atoms with Gasteiger partial charge in [0.15, 0.2) is 0 Å². The molecule has 0 saturated carbocycles. The number of aromatic nitrogens is 1. The SMILES string of the molecule is CCSc1ccc(C(C)C)cn1. The summed E-state index contributed by atoms with van der Waals surface area (Å²) in [6.07, 6.45) is 1.97. The summed E-state index contributed by atoms with van der Waals surface area (Å²) in [6, 6.07) is 4.26. The van der Waals surface area contributed by atoms with Gasteiger partial charge in [0.1, 0.15) is 0 Å². The summed E-state index contributed by atoms with van der Waals surface area (Å²) < 4.78 is 0. The molecule has 0 saturated heterocycles. The Bertz CT molecular complexity index is 228. The summed E-state index contributed by atoms with van der Waals surface area (Å²) in [5.74, 6) is 1.67. The van der Waals surface area contributed by atoms with Gasteiger partial charge >= 0.3 is 0 Å². The molecule has 1 nitrogen and oxygen atoms in total. The first-order valence-corrected chi connectivity index (χ1v) is 5.31. The Morgan fingerprint density at radius 2 is 2.17 bits per heavy atom. The van der Waals surface area contributed by atoms with Crippen LogP contribution in [0, 0.1) is 0 Å². The molecule has 0 spiro atoms. The maximum atomic E-state index is 4.35. The van der Waals surface area contributed by atoms with Gasteiger partial charge in [-0.2, -0.15) is 0 Å². The largest absolute Gasteiger partial charge is 0.250 e. The van der Waals surface area contributed by atoms with Crippen molar-refractivity contribution in [2.75, 3.05) is 5.75 Å². The summed E-state index contributed by atoms with van der Waals surface area (Å²) >= 11 is 1.78. The van der Waals surface area contributed by atoms with Crippen molar-refractivity contribution in [3.63, 3.8) is 0 Å². The first-order chi connectivity index (χ1) is 5.74. The third kappa shape index (κ3) is 2.52. The van der Waals surface area contributed by atoms with E-state index in [0.717, 1.165) is 10.8 Å². The normalized spacial score (nSPS) is 10.7. The molecule has 1 rings (SSSR count). The zero-order chi connectivity index (χ0) is 8.97. The Hall–Kier alpha value is -0.500. The molecule has 1 aromatic rings. The molecular weight excluding hydrogens is 166 g/mol. The summed E-state index contributed by atoms with van der Waals surface area (Å²) in [5.41, 5.74) is 1.32. The highest BCUT2D eigenvalue weighted by Crippen LogP contribution is 2.18. The fourth-order valence-corrected chi connectivity index (χ4v) is 1.55. The van der Waals surface area contributed by atoms with E-state index in [1.165, 1.54) is 5.56 Å². The van der Waals surface area contributed by atoms with Crippen molar-refractivity contribution >= 4 is 11.8 Å². The minimum atomic E-state index is 0.582. The highest BCUT2D eigenvalue weighted by Gasteiger charge is 1.99. The van der Waals surface area contributed by atoms with Crippen LogP contribution in [0.3, 0.4) is 0 Å². The third-order valence-electron chi connectivity index (χ3n) is 1.72. The molecule has 1 aromatic heterocycles. The molecule has 66 valence electrons. The molecule has 1 heterocycles. The lowest BCUT2D eigenvalue weighted by molar-refractivity contribution is 0.850. The molecule has 2 heteroatoms. The van der Waals surface area contributed by atoms with Crippen molar-refractivity contribution in [3.05, 3.63) is 23.9 Å². The standard InChI is InChI=1S/C10H15NS/c1-4-12-10-6-5-9(7-11-10)8(2)3/h5-8H,4H2,1-3H3. The lowest BCUT2D eigenvalue weighted by Crippen LogP contribution is -1.89. The highest BCUT2D eigenvalue weighted by atomic mass is 32.2. The van der Waals surface area contributed by atoms with E-state index >= 15 is 0 Å². The molecule has 0 bridgehead atoms. The van der Waals surface area contributed by atoms with E-state index in [9.17, 15) is 0 Å².